The lowest BCUT2D eigenvalue weighted by atomic mass is 10.0. The van der Waals surface area contributed by atoms with E-state index in [2.05, 4.69) is 226 Å². The molecule has 3 aromatic heterocycles. The maximum absolute atomic E-state index is 9.21. The molecule has 4 nitrogen and oxygen atoms in total. The van der Waals surface area contributed by atoms with Gasteiger partial charge >= 0.3 is 0 Å². The molecule has 0 fully saturated rings. The van der Waals surface area contributed by atoms with Crippen molar-refractivity contribution in [1.29, 1.82) is 0 Å². The van der Waals surface area contributed by atoms with Crippen LogP contribution in [0.2, 0.25) is 0 Å². The molecule has 0 spiro atoms. The van der Waals surface area contributed by atoms with E-state index in [0.717, 1.165) is 116 Å². The number of hydrogen-bond acceptors (Lipinski definition) is 1. The molecule has 0 N–H and O–H groups in total. The van der Waals surface area contributed by atoms with Crippen molar-refractivity contribution in [3.8, 4) is 55.9 Å². The third-order valence-corrected chi connectivity index (χ3v) is 13.1. The number of nitrogens with zero attached hydrogens (tertiary/aromatic N) is 3. The van der Waals surface area contributed by atoms with Gasteiger partial charge in [0.1, 0.15) is 11.2 Å². The monoisotopic (exact) mass is 827 g/mol. The van der Waals surface area contributed by atoms with Crippen molar-refractivity contribution in [2.24, 2.45) is 0 Å². The fourth-order valence-corrected chi connectivity index (χ4v) is 10.1. The van der Waals surface area contributed by atoms with Crippen LogP contribution < -0.4 is 0 Å². The van der Waals surface area contributed by atoms with Crippen molar-refractivity contribution in [3.63, 3.8) is 0 Å². The van der Waals surface area contributed by atoms with Gasteiger partial charge in [0.15, 0.2) is 0 Å². The number of benzene rings is 10. The average Bonchev–Trinajstić information content (AvgIpc) is 4.03. The molecule has 3 heterocycles. The summed E-state index contributed by atoms with van der Waals surface area (Å²) in [4.78, 5) is 4.54. The average molecular weight is 828 g/mol. The van der Waals surface area contributed by atoms with Gasteiger partial charge in [-0.05, 0) is 105 Å². The van der Waals surface area contributed by atoms with Crippen molar-refractivity contribution >= 4 is 71.2 Å². The molecule has 0 aliphatic heterocycles. The number of fused-ring (bicyclic) bond motifs is 9. The largest absolute Gasteiger partial charge is 0.455 e. The highest BCUT2D eigenvalue weighted by Gasteiger charge is 2.27. The van der Waals surface area contributed by atoms with Crippen LogP contribution in [0.3, 0.4) is 0 Å². The topological polar surface area (TPSA) is 27.4 Å². The van der Waals surface area contributed by atoms with Gasteiger partial charge in [-0.3, -0.25) is 0 Å². The lowest BCUT2D eigenvalue weighted by Crippen LogP contribution is -2.01. The van der Waals surface area contributed by atoms with Crippen LogP contribution in [-0.4, -0.2) is 9.13 Å². The predicted molar refractivity (Wildman–Crippen MR) is 270 cm³/mol. The van der Waals surface area contributed by atoms with Crippen molar-refractivity contribution < 1.29 is 4.42 Å². The molecule has 302 valence electrons. The summed E-state index contributed by atoms with van der Waals surface area (Å²) in [7, 11) is 0. The third kappa shape index (κ3) is 5.77. The number of para-hydroxylation sites is 1. The minimum atomic E-state index is 0.507. The fourth-order valence-electron chi connectivity index (χ4n) is 10.1. The molecule has 0 aliphatic carbocycles. The van der Waals surface area contributed by atoms with Crippen molar-refractivity contribution in [3.05, 3.63) is 236 Å². The summed E-state index contributed by atoms with van der Waals surface area (Å²) in [5, 5.41) is 6.39. The Bertz CT molecular complexity index is 3850. The normalized spacial score (nSPS) is 11.7. The Hall–Kier alpha value is -8.91. The molecule has 4 heteroatoms. The van der Waals surface area contributed by atoms with Gasteiger partial charge in [-0.15, -0.1) is 0 Å². The SMILES string of the molecule is [C-]#[N+]c1c(-n2c3ccc(-c4ccccc4)cc3c3cc(-c4ccccc4)ccc32)cc2c(oc3ccccc32)c1-n1c2ccc(-c3ccccc3)cc2c2cc(-c3ccccc3)ccc21. The zero-order valence-electron chi connectivity index (χ0n) is 35.1. The molecule has 0 amide bonds. The Balaban J connectivity index is 1.16. The minimum Gasteiger partial charge on any atom is -0.455 e. The second-order valence-electron chi connectivity index (χ2n) is 16.7. The summed E-state index contributed by atoms with van der Waals surface area (Å²) >= 11 is 0. The van der Waals surface area contributed by atoms with E-state index in [1.807, 2.05) is 12.1 Å². The van der Waals surface area contributed by atoms with Crippen LogP contribution in [0, 0.1) is 6.57 Å². The van der Waals surface area contributed by atoms with Crippen molar-refractivity contribution in [1.82, 2.24) is 9.13 Å². The molecular formula is C61H37N3O. The number of aromatic nitrogens is 2. The van der Waals surface area contributed by atoms with E-state index in [4.69, 9.17) is 4.42 Å². The van der Waals surface area contributed by atoms with Crippen molar-refractivity contribution in [2.45, 2.75) is 0 Å². The predicted octanol–water partition coefficient (Wildman–Crippen LogP) is 17.0. The van der Waals surface area contributed by atoms with E-state index >= 15 is 0 Å². The summed E-state index contributed by atoms with van der Waals surface area (Å²) in [6, 6.07) is 79.5. The van der Waals surface area contributed by atoms with Gasteiger partial charge in [0.2, 0.25) is 5.69 Å². The second kappa shape index (κ2) is 14.6. The van der Waals surface area contributed by atoms with Crippen LogP contribution >= 0.6 is 0 Å². The Labute approximate surface area is 374 Å². The second-order valence-corrected chi connectivity index (χ2v) is 16.7. The number of rotatable bonds is 6. The molecule has 0 bridgehead atoms. The molecule has 10 aromatic carbocycles. The van der Waals surface area contributed by atoms with Gasteiger partial charge in [-0.2, -0.15) is 0 Å². The number of hydrogen-bond donors (Lipinski definition) is 0. The van der Waals surface area contributed by atoms with E-state index in [-0.39, 0.29) is 0 Å². The highest BCUT2D eigenvalue weighted by molar-refractivity contribution is 6.18. The standard InChI is InChI=1S/C61H37N3O/c1-62-59-57(63-53-30-26-43(39-16-6-2-7-17-39)34-48(53)49-35-44(27-31-54(49)63)40-18-8-3-9-19-40)38-52-47-24-14-15-25-58(47)65-61(52)60(59)64-55-32-28-45(41-20-10-4-11-21-41)36-50(55)51-37-46(29-33-56(51)64)42-22-12-5-13-23-42/h2-38H. The first-order valence-corrected chi connectivity index (χ1v) is 21.9. The van der Waals surface area contributed by atoms with E-state index in [1.165, 1.54) is 0 Å². The molecule has 0 unspecified atom stereocenters. The first-order chi connectivity index (χ1) is 32.2. The molecule has 65 heavy (non-hydrogen) atoms. The van der Waals surface area contributed by atoms with Gasteiger partial charge in [0, 0.05) is 32.3 Å². The summed E-state index contributed by atoms with van der Waals surface area (Å²) in [6.07, 6.45) is 0. The van der Waals surface area contributed by atoms with Gasteiger partial charge in [-0.25, -0.2) is 4.85 Å². The zero-order chi connectivity index (χ0) is 43.0. The molecule has 13 rings (SSSR count). The van der Waals surface area contributed by atoms with E-state index < -0.39 is 0 Å². The first kappa shape index (κ1) is 36.7. The maximum Gasteiger partial charge on any atom is 0.237 e. The lowest BCUT2D eigenvalue weighted by Gasteiger charge is -2.17. The van der Waals surface area contributed by atoms with Gasteiger partial charge in [0.25, 0.3) is 0 Å². The quantitative estimate of drug-likeness (QED) is 0.153. The highest BCUT2D eigenvalue weighted by atomic mass is 16.3. The Morgan fingerprint density at radius 3 is 1.09 bits per heavy atom. The summed E-state index contributed by atoms with van der Waals surface area (Å²) in [6.45, 7) is 9.21. The summed E-state index contributed by atoms with van der Waals surface area (Å²) < 4.78 is 11.5. The van der Waals surface area contributed by atoms with Crippen LogP contribution in [0.25, 0.3) is 126 Å². The molecule has 0 atom stereocenters. The van der Waals surface area contributed by atoms with Crippen LogP contribution in [-0.2, 0) is 0 Å². The molecular weight excluding hydrogens is 791 g/mol. The van der Waals surface area contributed by atoms with Gasteiger partial charge in [0.05, 0.1) is 40.0 Å². The third-order valence-electron chi connectivity index (χ3n) is 13.1. The van der Waals surface area contributed by atoms with E-state index in [9.17, 15) is 6.57 Å². The van der Waals surface area contributed by atoms with E-state index in [0.29, 0.717) is 11.3 Å². The Morgan fingerprint density at radius 2 is 0.692 bits per heavy atom. The molecule has 0 saturated carbocycles. The van der Waals surface area contributed by atoms with Gasteiger partial charge in [-0.1, -0.05) is 164 Å². The highest BCUT2D eigenvalue weighted by Crippen LogP contribution is 2.48. The van der Waals surface area contributed by atoms with Gasteiger partial charge < -0.3 is 13.6 Å². The lowest BCUT2D eigenvalue weighted by molar-refractivity contribution is 0.666. The van der Waals surface area contributed by atoms with Crippen molar-refractivity contribution in [2.75, 3.05) is 0 Å². The Morgan fingerprint density at radius 1 is 0.323 bits per heavy atom. The molecule has 0 radical (unpaired) electrons. The molecule has 0 saturated heterocycles. The number of furan rings is 1. The molecule has 13 aromatic rings. The first-order valence-electron chi connectivity index (χ1n) is 21.9. The van der Waals surface area contributed by atoms with Crippen LogP contribution in [0.1, 0.15) is 0 Å². The molecule has 0 aliphatic rings. The van der Waals surface area contributed by atoms with Crippen LogP contribution in [0.15, 0.2) is 229 Å². The zero-order valence-corrected chi connectivity index (χ0v) is 35.1. The fraction of sp³-hybridized carbons (Fsp3) is 0. The minimum absolute atomic E-state index is 0.507. The Kier molecular flexibility index (Phi) is 8.24. The summed E-state index contributed by atoms with van der Waals surface area (Å²) in [5.41, 5.74) is 16.7. The summed E-state index contributed by atoms with van der Waals surface area (Å²) in [5.74, 6) is 0. The van der Waals surface area contributed by atoms with Crippen LogP contribution in [0.4, 0.5) is 5.69 Å². The smallest absolute Gasteiger partial charge is 0.237 e. The maximum atomic E-state index is 9.21. The van der Waals surface area contributed by atoms with E-state index in [1.54, 1.807) is 0 Å². The van der Waals surface area contributed by atoms with Crippen LogP contribution in [0.5, 0.6) is 0 Å².